The van der Waals surface area contributed by atoms with Crippen LogP contribution >= 0.6 is 0 Å². The standard InChI is InChI=1S/C36H51N5O9/c1-2-3-4-5-6-7-8-9-10-11-12-13-14-15-16-17-34(42)39(24-35(43)49-26-28-22-30(37)18-20-32(28)40(45)46)25-36(44)50-27-29-23-31(38)19-21-33(29)41(47)48/h9-10,18-23H,2-8,11-17,24-27,37-38H2,1H3/b10-9-. The van der Waals surface area contributed by atoms with Crippen LogP contribution in [0.2, 0.25) is 0 Å². The van der Waals surface area contributed by atoms with Crippen LogP contribution in [0.15, 0.2) is 48.6 Å². The molecule has 0 aliphatic heterocycles. The average Bonchev–Trinajstić information content (AvgIpc) is 3.07. The summed E-state index contributed by atoms with van der Waals surface area (Å²) < 4.78 is 10.4. The minimum Gasteiger partial charge on any atom is -0.459 e. The van der Waals surface area contributed by atoms with Gasteiger partial charge in [0, 0.05) is 29.9 Å². The highest BCUT2D eigenvalue weighted by molar-refractivity contribution is 5.86. The molecule has 0 atom stereocenters. The van der Waals surface area contributed by atoms with Crippen molar-refractivity contribution in [2.24, 2.45) is 0 Å². The lowest BCUT2D eigenvalue weighted by Crippen LogP contribution is -2.40. The molecule has 50 heavy (non-hydrogen) atoms. The number of nitrogens with two attached hydrogens (primary N) is 2. The molecule has 0 aliphatic carbocycles. The molecule has 0 heterocycles. The smallest absolute Gasteiger partial charge is 0.325 e. The quantitative estimate of drug-likeness (QED) is 0.0262. The zero-order chi connectivity index (χ0) is 36.7. The number of anilines is 2. The van der Waals surface area contributed by atoms with Crippen molar-refractivity contribution >= 4 is 40.6 Å². The number of hydrogen-bond donors (Lipinski definition) is 2. The lowest BCUT2D eigenvalue weighted by atomic mass is 10.1. The predicted molar refractivity (Wildman–Crippen MR) is 191 cm³/mol. The van der Waals surface area contributed by atoms with E-state index in [0.717, 1.165) is 43.4 Å². The molecule has 14 nitrogen and oxygen atoms in total. The highest BCUT2D eigenvalue weighted by atomic mass is 16.6. The fraction of sp³-hybridized carbons (Fsp3) is 0.528. The summed E-state index contributed by atoms with van der Waals surface area (Å²) in [4.78, 5) is 61.1. The molecular formula is C36H51N5O9. The number of ether oxygens (including phenoxy) is 2. The van der Waals surface area contributed by atoms with E-state index in [-0.39, 0.29) is 40.3 Å². The molecular weight excluding hydrogens is 646 g/mol. The number of allylic oxidation sites excluding steroid dienone is 2. The lowest BCUT2D eigenvalue weighted by Gasteiger charge is -2.21. The van der Waals surface area contributed by atoms with Gasteiger partial charge in [-0.1, -0.05) is 70.4 Å². The first-order valence-electron chi connectivity index (χ1n) is 17.3. The van der Waals surface area contributed by atoms with Crippen molar-refractivity contribution in [3.8, 4) is 0 Å². The normalized spacial score (nSPS) is 11.0. The van der Waals surface area contributed by atoms with E-state index in [1.165, 1.54) is 74.9 Å². The first-order valence-corrected chi connectivity index (χ1v) is 17.3. The van der Waals surface area contributed by atoms with E-state index >= 15 is 0 Å². The van der Waals surface area contributed by atoms with Crippen molar-refractivity contribution in [2.75, 3.05) is 24.6 Å². The van der Waals surface area contributed by atoms with Gasteiger partial charge >= 0.3 is 11.9 Å². The Morgan fingerprint density at radius 1 is 0.680 bits per heavy atom. The van der Waals surface area contributed by atoms with Gasteiger partial charge in [-0.25, -0.2) is 0 Å². The van der Waals surface area contributed by atoms with Crippen LogP contribution in [-0.2, 0) is 37.1 Å². The molecule has 14 heteroatoms. The van der Waals surface area contributed by atoms with Gasteiger partial charge in [0.05, 0.1) is 21.0 Å². The number of amides is 1. The van der Waals surface area contributed by atoms with Crippen LogP contribution in [0.3, 0.4) is 0 Å². The number of nitrogen functional groups attached to an aromatic ring is 2. The third-order valence-electron chi connectivity index (χ3n) is 8.02. The largest absolute Gasteiger partial charge is 0.459 e. The maximum absolute atomic E-state index is 13.2. The number of unbranched alkanes of at least 4 members (excludes halogenated alkanes) is 11. The number of nitrogens with zero attached hydrogens (tertiary/aromatic N) is 3. The molecule has 0 unspecified atom stereocenters. The van der Waals surface area contributed by atoms with Gasteiger partial charge in [0.15, 0.2) is 0 Å². The molecule has 274 valence electrons. The first kappa shape index (κ1) is 41.2. The number of esters is 2. The van der Waals surface area contributed by atoms with Gasteiger partial charge in [0.1, 0.15) is 26.3 Å². The number of hydrogen-bond acceptors (Lipinski definition) is 11. The number of rotatable bonds is 25. The maximum atomic E-state index is 13.2. The van der Waals surface area contributed by atoms with Crippen LogP contribution in [0.5, 0.6) is 0 Å². The van der Waals surface area contributed by atoms with Crippen LogP contribution in [-0.4, -0.2) is 45.7 Å². The Labute approximate surface area is 293 Å². The van der Waals surface area contributed by atoms with Gasteiger partial charge in [-0.15, -0.1) is 0 Å². The van der Waals surface area contributed by atoms with Crippen molar-refractivity contribution in [2.45, 2.75) is 110 Å². The van der Waals surface area contributed by atoms with E-state index in [9.17, 15) is 34.6 Å². The topological polar surface area (TPSA) is 211 Å². The highest BCUT2D eigenvalue weighted by Gasteiger charge is 2.24. The zero-order valence-electron chi connectivity index (χ0n) is 29.0. The number of carbonyl (C=O) groups is 3. The number of nitro benzene ring substituents is 2. The molecule has 0 saturated heterocycles. The first-order chi connectivity index (χ1) is 24.0. The monoisotopic (exact) mass is 697 g/mol. The van der Waals surface area contributed by atoms with Crippen molar-refractivity contribution < 1.29 is 33.7 Å². The highest BCUT2D eigenvalue weighted by Crippen LogP contribution is 2.23. The summed E-state index contributed by atoms with van der Waals surface area (Å²) in [5, 5.41) is 22.7. The van der Waals surface area contributed by atoms with Crippen LogP contribution in [0, 0.1) is 20.2 Å². The van der Waals surface area contributed by atoms with Gasteiger partial charge in [0.2, 0.25) is 5.91 Å². The van der Waals surface area contributed by atoms with Crippen LogP contribution in [0.1, 0.15) is 108 Å². The summed E-state index contributed by atoms with van der Waals surface area (Å²) in [5.74, 6) is -2.29. The summed E-state index contributed by atoms with van der Waals surface area (Å²) in [6.07, 6.45) is 18.8. The minimum absolute atomic E-state index is 0.0673. The SMILES string of the molecule is CCCCCCCC/C=C\CCCCCCCC(=O)N(CC(=O)OCc1cc(N)ccc1[N+](=O)[O-])CC(=O)OCc1cc(N)ccc1[N+](=O)[O-]. The second-order valence-electron chi connectivity index (χ2n) is 12.2. The van der Waals surface area contributed by atoms with Crippen LogP contribution < -0.4 is 11.5 Å². The summed E-state index contributed by atoms with van der Waals surface area (Å²) in [5.41, 5.74) is 11.5. The Kier molecular flexibility index (Phi) is 19.2. The second-order valence-corrected chi connectivity index (χ2v) is 12.2. The molecule has 0 fully saturated rings. The van der Waals surface area contributed by atoms with E-state index in [1.54, 1.807) is 0 Å². The summed E-state index contributed by atoms with van der Waals surface area (Å²) in [6, 6.07) is 7.72. The van der Waals surface area contributed by atoms with Gasteiger partial charge in [-0.2, -0.15) is 0 Å². The van der Waals surface area contributed by atoms with Crippen LogP contribution in [0.4, 0.5) is 22.7 Å². The number of carbonyl (C=O) groups excluding carboxylic acids is 3. The molecule has 4 N–H and O–H groups in total. The van der Waals surface area contributed by atoms with Crippen LogP contribution in [0.25, 0.3) is 0 Å². The van der Waals surface area contributed by atoms with Gasteiger partial charge in [-0.05, 0) is 56.4 Å². The maximum Gasteiger partial charge on any atom is 0.325 e. The fourth-order valence-electron chi connectivity index (χ4n) is 5.26. The lowest BCUT2D eigenvalue weighted by molar-refractivity contribution is -0.386. The summed E-state index contributed by atoms with van der Waals surface area (Å²) >= 11 is 0. The Hall–Kier alpha value is -5.01. The van der Waals surface area contributed by atoms with E-state index < -0.39 is 54.0 Å². The summed E-state index contributed by atoms with van der Waals surface area (Å²) in [6.45, 7) is 0.0398. The Morgan fingerprint density at radius 3 is 1.54 bits per heavy atom. The Morgan fingerprint density at radius 2 is 1.10 bits per heavy atom. The van der Waals surface area contributed by atoms with Crippen molar-refractivity contribution in [3.05, 3.63) is 79.9 Å². The molecule has 2 aromatic rings. The van der Waals surface area contributed by atoms with Crippen molar-refractivity contribution in [1.82, 2.24) is 4.90 Å². The van der Waals surface area contributed by atoms with Crippen molar-refractivity contribution in [3.63, 3.8) is 0 Å². The predicted octanol–water partition coefficient (Wildman–Crippen LogP) is 7.32. The van der Waals surface area contributed by atoms with E-state index in [2.05, 4.69) is 19.1 Å². The fourth-order valence-corrected chi connectivity index (χ4v) is 5.26. The molecule has 0 bridgehead atoms. The molecule has 0 aliphatic rings. The van der Waals surface area contributed by atoms with E-state index in [1.807, 2.05) is 0 Å². The molecule has 1 amide bonds. The molecule has 0 radical (unpaired) electrons. The molecule has 0 spiro atoms. The van der Waals surface area contributed by atoms with Gasteiger partial charge in [0.25, 0.3) is 11.4 Å². The minimum atomic E-state index is -0.904. The van der Waals surface area contributed by atoms with Gasteiger partial charge in [-0.3, -0.25) is 34.6 Å². The molecule has 0 saturated carbocycles. The summed E-state index contributed by atoms with van der Waals surface area (Å²) in [7, 11) is 0. The third-order valence-corrected chi connectivity index (χ3v) is 8.02. The van der Waals surface area contributed by atoms with E-state index in [0.29, 0.717) is 6.42 Å². The van der Waals surface area contributed by atoms with Crippen molar-refractivity contribution in [1.29, 1.82) is 0 Å². The number of nitro groups is 2. The Bertz CT molecular complexity index is 1370. The molecule has 0 aromatic heterocycles. The van der Waals surface area contributed by atoms with E-state index in [4.69, 9.17) is 20.9 Å². The average molecular weight is 698 g/mol. The molecule has 2 aromatic carbocycles. The zero-order valence-corrected chi connectivity index (χ0v) is 29.0. The Balaban J connectivity index is 1.89. The number of benzene rings is 2. The van der Waals surface area contributed by atoms with Gasteiger partial charge < -0.3 is 25.8 Å². The molecule has 2 rings (SSSR count). The third kappa shape index (κ3) is 16.4. The second kappa shape index (κ2) is 23.4.